The summed E-state index contributed by atoms with van der Waals surface area (Å²) >= 11 is 0. The summed E-state index contributed by atoms with van der Waals surface area (Å²) in [5, 5.41) is 2.95. The summed E-state index contributed by atoms with van der Waals surface area (Å²) in [6, 6.07) is 21.0. The number of halogens is 1. The summed E-state index contributed by atoms with van der Waals surface area (Å²) in [5.41, 5.74) is 4.80. The lowest BCUT2D eigenvalue weighted by molar-refractivity contribution is 0.102. The minimum absolute atomic E-state index is 0.164. The van der Waals surface area contributed by atoms with Gasteiger partial charge in [-0.05, 0) is 86.6 Å². The molecule has 1 heterocycles. The van der Waals surface area contributed by atoms with E-state index >= 15 is 0 Å². The quantitative estimate of drug-likeness (QED) is 0.620. The zero-order chi connectivity index (χ0) is 22.0. The average molecular weight is 418 g/mol. The molecule has 1 amide bonds. The third-order valence-electron chi connectivity index (χ3n) is 6.04. The van der Waals surface area contributed by atoms with E-state index in [0.29, 0.717) is 17.2 Å². The van der Waals surface area contributed by atoms with Gasteiger partial charge in [0.25, 0.3) is 5.91 Å². The Hall–Kier alpha value is -3.18. The van der Waals surface area contributed by atoms with Gasteiger partial charge in [0.2, 0.25) is 0 Å². The van der Waals surface area contributed by atoms with Gasteiger partial charge in [-0.15, -0.1) is 0 Å². The third kappa shape index (κ3) is 4.78. The standard InChI is InChI=1S/C26H28FN3O/c1-18-4-5-21(16-25(18)27)19-6-8-20(9-7-19)26(31)28-22-10-12-23(13-11-22)30-15-14-24(17-30)29(2)3/h4-13,16,24H,14-15,17H2,1-3H3,(H,28,31). The molecule has 1 aliphatic rings. The molecule has 1 aliphatic heterocycles. The van der Waals surface area contributed by atoms with E-state index in [-0.39, 0.29) is 11.7 Å². The number of aryl methyl sites for hydroxylation is 1. The number of amides is 1. The number of carbonyl (C=O) groups is 1. The fourth-order valence-electron chi connectivity index (χ4n) is 3.94. The van der Waals surface area contributed by atoms with Crippen molar-refractivity contribution in [2.75, 3.05) is 37.4 Å². The topological polar surface area (TPSA) is 35.6 Å². The van der Waals surface area contributed by atoms with Gasteiger partial charge in [-0.2, -0.15) is 0 Å². The van der Waals surface area contributed by atoms with Crippen LogP contribution in [-0.4, -0.2) is 44.0 Å². The number of carbonyl (C=O) groups excluding carboxylic acids is 1. The summed E-state index contributed by atoms with van der Waals surface area (Å²) in [6.45, 7) is 3.81. The molecule has 1 N–H and O–H groups in total. The molecule has 1 atom stereocenters. The van der Waals surface area contributed by atoms with Crippen LogP contribution in [0, 0.1) is 12.7 Å². The molecule has 3 aromatic carbocycles. The van der Waals surface area contributed by atoms with E-state index in [1.54, 1.807) is 25.1 Å². The van der Waals surface area contributed by atoms with Crippen LogP contribution in [0.15, 0.2) is 66.7 Å². The molecule has 31 heavy (non-hydrogen) atoms. The Balaban J connectivity index is 1.39. The van der Waals surface area contributed by atoms with Crippen LogP contribution in [0.5, 0.6) is 0 Å². The van der Waals surface area contributed by atoms with Gasteiger partial charge in [-0.1, -0.05) is 24.3 Å². The van der Waals surface area contributed by atoms with Gasteiger partial charge >= 0.3 is 0 Å². The van der Waals surface area contributed by atoms with Crippen LogP contribution < -0.4 is 10.2 Å². The fourth-order valence-corrected chi connectivity index (χ4v) is 3.94. The maximum Gasteiger partial charge on any atom is 0.255 e. The van der Waals surface area contributed by atoms with E-state index in [1.165, 1.54) is 11.8 Å². The first kappa shape index (κ1) is 21.1. The number of hydrogen-bond donors (Lipinski definition) is 1. The van der Waals surface area contributed by atoms with Crippen molar-refractivity contribution in [1.29, 1.82) is 0 Å². The summed E-state index contributed by atoms with van der Waals surface area (Å²) in [6.07, 6.45) is 1.16. The Bertz CT molecular complexity index is 1060. The Kier molecular flexibility index (Phi) is 6.05. The highest BCUT2D eigenvalue weighted by atomic mass is 19.1. The van der Waals surface area contributed by atoms with Crippen molar-refractivity contribution in [2.24, 2.45) is 0 Å². The van der Waals surface area contributed by atoms with Crippen LogP contribution in [0.2, 0.25) is 0 Å². The molecule has 1 saturated heterocycles. The lowest BCUT2D eigenvalue weighted by Gasteiger charge is -2.22. The van der Waals surface area contributed by atoms with Crippen molar-refractivity contribution in [3.8, 4) is 11.1 Å². The van der Waals surface area contributed by atoms with Crippen LogP contribution >= 0.6 is 0 Å². The van der Waals surface area contributed by atoms with E-state index in [1.807, 2.05) is 30.3 Å². The van der Waals surface area contributed by atoms with Crippen molar-refractivity contribution in [3.05, 3.63) is 83.7 Å². The molecule has 0 saturated carbocycles. The first-order valence-corrected chi connectivity index (χ1v) is 10.6. The van der Waals surface area contributed by atoms with Crippen molar-refractivity contribution < 1.29 is 9.18 Å². The van der Waals surface area contributed by atoms with Gasteiger partial charge < -0.3 is 15.1 Å². The van der Waals surface area contributed by atoms with Gasteiger partial charge in [-0.25, -0.2) is 4.39 Å². The normalized spacial score (nSPS) is 16.0. The van der Waals surface area contributed by atoms with Crippen molar-refractivity contribution in [1.82, 2.24) is 4.90 Å². The maximum atomic E-state index is 13.8. The number of rotatable bonds is 5. The lowest BCUT2D eigenvalue weighted by Crippen LogP contribution is -2.31. The van der Waals surface area contributed by atoms with E-state index < -0.39 is 0 Å². The fraction of sp³-hybridized carbons (Fsp3) is 0.269. The predicted molar refractivity (Wildman–Crippen MR) is 125 cm³/mol. The highest BCUT2D eigenvalue weighted by molar-refractivity contribution is 6.04. The van der Waals surface area contributed by atoms with E-state index in [4.69, 9.17) is 0 Å². The molecule has 1 unspecified atom stereocenters. The predicted octanol–water partition coefficient (Wildman–Crippen LogP) is 5.19. The molecular formula is C26H28FN3O. The van der Waals surface area contributed by atoms with Crippen molar-refractivity contribution in [3.63, 3.8) is 0 Å². The molecule has 3 aromatic rings. The minimum Gasteiger partial charge on any atom is -0.370 e. The first-order valence-electron chi connectivity index (χ1n) is 10.6. The highest BCUT2D eigenvalue weighted by Gasteiger charge is 2.24. The van der Waals surface area contributed by atoms with Crippen molar-refractivity contribution >= 4 is 17.3 Å². The second-order valence-electron chi connectivity index (χ2n) is 8.39. The van der Waals surface area contributed by atoms with Gasteiger partial charge in [0, 0.05) is 36.1 Å². The largest absolute Gasteiger partial charge is 0.370 e. The van der Waals surface area contributed by atoms with Crippen molar-refractivity contribution in [2.45, 2.75) is 19.4 Å². The Morgan fingerprint density at radius 2 is 1.68 bits per heavy atom. The Labute approximate surface area is 183 Å². The molecule has 0 spiro atoms. The van der Waals surface area contributed by atoms with Crippen LogP contribution in [0.4, 0.5) is 15.8 Å². The second-order valence-corrected chi connectivity index (χ2v) is 8.39. The molecule has 1 fully saturated rings. The molecule has 0 aliphatic carbocycles. The van der Waals surface area contributed by atoms with Crippen LogP contribution in [0.3, 0.4) is 0 Å². The van der Waals surface area contributed by atoms with Gasteiger partial charge in [0.1, 0.15) is 5.82 Å². The molecule has 0 aromatic heterocycles. The number of likely N-dealkylation sites (N-methyl/N-ethyl adjacent to an activating group) is 1. The van der Waals surface area contributed by atoms with Crippen LogP contribution in [0.25, 0.3) is 11.1 Å². The van der Waals surface area contributed by atoms with Gasteiger partial charge in [-0.3, -0.25) is 4.79 Å². The van der Waals surface area contributed by atoms with E-state index in [2.05, 4.69) is 41.3 Å². The highest BCUT2D eigenvalue weighted by Crippen LogP contribution is 2.25. The third-order valence-corrected chi connectivity index (χ3v) is 6.04. The number of hydrogen-bond acceptors (Lipinski definition) is 3. The SMILES string of the molecule is Cc1ccc(-c2ccc(C(=O)Nc3ccc(N4CCC(N(C)C)C4)cc3)cc2)cc1F. The molecule has 0 bridgehead atoms. The average Bonchev–Trinajstić information content (AvgIpc) is 3.27. The van der Waals surface area contributed by atoms with Crippen LogP contribution in [0.1, 0.15) is 22.3 Å². The number of anilines is 2. The van der Waals surface area contributed by atoms with E-state index in [9.17, 15) is 9.18 Å². The molecule has 4 rings (SSSR count). The summed E-state index contributed by atoms with van der Waals surface area (Å²) in [4.78, 5) is 17.3. The smallest absolute Gasteiger partial charge is 0.255 e. The monoisotopic (exact) mass is 417 g/mol. The van der Waals surface area contributed by atoms with Gasteiger partial charge in [0.15, 0.2) is 0 Å². The zero-order valence-corrected chi connectivity index (χ0v) is 18.2. The first-order chi connectivity index (χ1) is 14.9. The number of benzene rings is 3. The summed E-state index contributed by atoms with van der Waals surface area (Å²) < 4.78 is 13.8. The number of nitrogens with one attached hydrogen (secondary N) is 1. The molecule has 4 nitrogen and oxygen atoms in total. The lowest BCUT2D eigenvalue weighted by atomic mass is 10.0. The Morgan fingerprint density at radius 1 is 1.00 bits per heavy atom. The molecule has 0 radical (unpaired) electrons. The van der Waals surface area contributed by atoms with Gasteiger partial charge in [0.05, 0.1) is 0 Å². The summed E-state index contributed by atoms with van der Waals surface area (Å²) in [5.74, 6) is -0.392. The molecular weight excluding hydrogens is 389 g/mol. The molecule has 160 valence electrons. The maximum absolute atomic E-state index is 13.8. The summed E-state index contributed by atoms with van der Waals surface area (Å²) in [7, 11) is 4.25. The molecule has 5 heteroatoms. The zero-order valence-electron chi connectivity index (χ0n) is 18.2. The number of nitrogens with zero attached hydrogens (tertiary/aromatic N) is 2. The second kappa shape index (κ2) is 8.90. The Morgan fingerprint density at radius 3 is 2.29 bits per heavy atom. The van der Waals surface area contributed by atoms with Crippen LogP contribution in [-0.2, 0) is 0 Å². The van der Waals surface area contributed by atoms with E-state index in [0.717, 1.165) is 36.3 Å². The minimum atomic E-state index is -0.228.